The van der Waals surface area contributed by atoms with Gasteiger partial charge in [0.05, 0.1) is 0 Å². The van der Waals surface area contributed by atoms with Gasteiger partial charge in [-0.15, -0.1) is 0 Å². The zero-order valence-electron chi connectivity index (χ0n) is 19.1. The van der Waals surface area contributed by atoms with Gasteiger partial charge in [0, 0.05) is 70.6 Å². The standard InChI is InChI=1S/C24H40N6/c1-4-25-24(27-19-21(3)20-29-17-15-28(5-2)16-18-29)26-12-8-13-30-14-11-22-9-6-7-10-23(22)30/h6-7,9-11,14,21H,4-5,8,12-13,15-20H2,1-3H3,(H2,25,26,27). The quantitative estimate of drug-likeness (QED) is 0.358. The number of fused-ring (bicyclic) bond motifs is 1. The lowest BCUT2D eigenvalue weighted by Crippen LogP contribution is -2.47. The number of aromatic nitrogens is 1. The minimum absolute atomic E-state index is 0.569. The highest BCUT2D eigenvalue weighted by Gasteiger charge is 2.17. The van der Waals surface area contributed by atoms with E-state index < -0.39 is 0 Å². The van der Waals surface area contributed by atoms with Crippen molar-refractivity contribution in [2.45, 2.75) is 33.7 Å². The predicted molar refractivity (Wildman–Crippen MR) is 128 cm³/mol. The van der Waals surface area contributed by atoms with Gasteiger partial charge in [-0.05, 0) is 43.3 Å². The van der Waals surface area contributed by atoms with Crippen LogP contribution in [0.5, 0.6) is 0 Å². The Labute approximate surface area is 182 Å². The van der Waals surface area contributed by atoms with E-state index in [0.717, 1.165) is 45.1 Å². The van der Waals surface area contributed by atoms with Gasteiger partial charge in [0.25, 0.3) is 0 Å². The monoisotopic (exact) mass is 412 g/mol. The number of nitrogens with one attached hydrogen (secondary N) is 2. The van der Waals surface area contributed by atoms with Crippen molar-refractivity contribution < 1.29 is 0 Å². The van der Waals surface area contributed by atoms with Gasteiger partial charge < -0.3 is 25.0 Å². The molecular formula is C24H40N6. The number of likely N-dealkylation sites (N-methyl/N-ethyl adjacent to an activating group) is 1. The molecule has 1 aromatic carbocycles. The molecule has 1 unspecified atom stereocenters. The third-order valence-electron chi connectivity index (χ3n) is 5.94. The molecule has 166 valence electrons. The number of aryl methyl sites for hydroxylation is 1. The van der Waals surface area contributed by atoms with Crippen LogP contribution < -0.4 is 10.6 Å². The van der Waals surface area contributed by atoms with Gasteiger partial charge >= 0.3 is 0 Å². The number of piperazine rings is 1. The summed E-state index contributed by atoms with van der Waals surface area (Å²) in [5.41, 5.74) is 1.31. The van der Waals surface area contributed by atoms with Gasteiger partial charge in [-0.1, -0.05) is 32.0 Å². The van der Waals surface area contributed by atoms with Crippen LogP contribution in [0.15, 0.2) is 41.5 Å². The molecule has 0 aliphatic carbocycles. The number of hydrogen-bond acceptors (Lipinski definition) is 3. The van der Waals surface area contributed by atoms with Crippen LogP contribution in [-0.2, 0) is 6.54 Å². The number of hydrogen-bond donors (Lipinski definition) is 2. The van der Waals surface area contributed by atoms with Crippen LogP contribution in [-0.4, -0.2) is 79.2 Å². The molecular weight excluding hydrogens is 372 g/mol. The van der Waals surface area contributed by atoms with Crippen molar-refractivity contribution in [3.63, 3.8) is 0 Å². The molecule has 0 radical (unpaired) electrons. The highest BCUT2D eigenvalue weighted by atomic mass is 15.3. The summed E-state index contributed by atoms with van der Waals surface area (Å²) in [4.78, 5) is 9.97. The van der Waals surface area contributed by atoms with Crippen LogP contribution in [0.2, 0.25) is 0 Å². The van der Waals surface area contributed by atoms with Gasteiger partial charge in [-0.3, -0.25) is 4.99 Å². The smallest absolute Gasteiger partial charge is 0.191 e. The zero-order valence-corrected chi connectivity index (χ0v) is 19.1. The third kappa shape index (κ3) is 6.74. The summed E-state index contributed by atoms with van der Waals surface area (Å²) in [6, 6.07) is 10.8. The summed E-state index contributed by atoms with van der Waals surface area (Å²) in [5, 5.41) is 8.21. The molecule has 1 saturated heterocycles. The maximum Gasteiger partial charge on any atom is 0.191 e. The van der Waals surface area contributed by atoms with Crippen molar-refractivity contribution in [2.75, 3.05) is 58.9 Å². The first kappa shape index (κ1) is 22.6. The molecule has 2 aromatic rings. The number of para-hydroxylation sites is 1. The van der Waals surface area contributed by atoms with Gasteiger partial charge in [0.1, 0.15) is 0 Å². The van der Waals surface area contributed by atoms with Crippen molar-refractivity contribution in [1.29, 1.82) is 0 Å². The first-order valence-corrected chi connectivity index (χ1v) is 11.7. The molecule has 2 heterocycles. The maximum atomic E-state index is 4.85. The Morgan fingerprint density at radius 1 is 1.03 bits per heavy atom. The van der Waals surface area contributed by atoms with E-state index in [0.29, 0.717) is 5.92 Å². The summed E-state index contributed by atoms with van der Waals surface area (Å²) < 4.78 is 2.33. The fourth-order valence-corrected chi connectivity index (χ4v) is 4.17. The normalized spacial score (nSPS) is 17.4. The summed E-state index contributed by atoms with van der Waals surface area (Å²) in [6.45, 7) is 17.5. The number of aliphatic imine (C=N–C) groups is 1. The van der Waals surface area contributed by atoms with E-state index in [2.05, 4.69) is 82.3 Å². The van der Waals surface area contributed by atoms with Crippen molar-refractivity contribution in [3.05, 3.63) is 36.5 Å². The molecule has 3 rings (SSSR count). The van der Waals surface area contributed by atoms with Crippen molar-refractivity contribution in [2.24, 2.45) is 10.9 Å². The first-order chi connectivity index (χ1) is 14.7. The molecule has 0 bridgehead atoms. The minimum Gasteiger partial charge on any atom is -0.357 e. The van der Waals surface area contributed by atoms with Crippen LogP contribution in [0.3, 0.4) is 0 Å². The molecule has 6 nitrogen and oxygen atoms in total. The topological polar surface area (TPSA) is 47.8 Å². The summed E-state index contributed by atoms with van der Waals surface area (Å²) >= 11 is 0. The number of guanidine groups is 1. The van der Waals surface area contributed by atoms with Gasteiger partial charge in [-0.25, -0.2) is 0 Å². The molecule has 2 N–H and O–H groups in total. The average Bonchev–Trinajstić information content (AvgIpc) is 3.18. The SMILES string of the molecule is CCNC(=NCC(C)CN1CCN(CC)CC1)NCCCn1ccc2ccccc21. The highest BCUT2D eigenvalue weighted by molar-refractivity contribution is 5.80. The lowest BCUT2D eigenvalue weighted by molar-refractivity contribution is 0.125. The molecule has 6 heteroatoms. The van der Waals surface area contributed by atoms with E-state index in [9.17, 15) is 0 Å². The van der Waals surface area contributed by atoms with E-state index in [1.54, 1.807) is 0 Å². The molecule has 1 atom stereocenters. The lowest BCUT2D eigenvalue weighted by Gasteiger charge is -2.35. The second-order valence-electron chi connectivity index (χ2n) is 8.41. The number of nitrogens with zero attached hydrogens (tertiary/aromatic N) is 4. The van der Waals surface area contributed by atoms with E-state index in [1.807, 2.05) is 0 Å². The van der Waals surface area contributed by atoms with Gasteiger partial charge in [0.2, 0.25) is 0 Å². The van der Waals surface area contributed by atoms with Crippen LogP contribution >= 0.6 is 0 Å². The third-order valence-corrected chi connectivity index (χ3v) is 5.94. The minimum atomic E-state index is 0.569. The van der Waals surface area contributed by atoms with Crippen LogP contribution in [0.25, 0.3) is 10.9 Å². The first-order valence-electron chi connectivity index (χ1n) is 11.7. The maximum absolute atomic E-state index is 4.85. The molecule has 0 spiro atoms. The Balaban J connectivity index is 1.39. The summed E-state index contributed by atoms with van der Waals surface area (Å²) in [5.74, 6) is 1.51. The molecule has 1 aromatic heterocycles. The van der Waals surface area contributed by atoms with Crippen LogP contribution in [0.1, 0.15) is 27.2 Å². The average molecular weight is 413 g/mol. The van der Waals surface area contributed by atoms with Gasteiger partial charge in [-0.2, -0.15) is 0 Å². The Morgan fingerprint density at radius 2 is 1.80 bits per heavy atom. The molecule has 1 fully saturated rings. The number of rotatable bonds is 10. The van der Waals surface area contributed by atoms with E-state index in [4.69, 9.17) is 4.99 Å². The second kappa shape index (κ2) is 12.0. The zero-order chi connectivity index (χ0) is 21.2. The Bertz CT molecular complexity index is 775. The van der Waals surface area contributed by atoms with Crippen molar-refractivity contribution >= 4 is 16.9 Å². The largest absolute Gasteiger partial charge is 0.357 e. The molecule has 0 amide bonds. The number of benzene rings is 1. The van der Waals surface area contributed by atoms with Crippen molar-refractivity contribution in [1.82, 2.24) is 25.0 Å². The lowest BCUT2D eigenvalue weighted by atomic mass is 10.1. The second-order valence-corrected chi connectivity index (χ2v) is 8.41. The highest BCUT2D eigenvalue weighted by Crippen LogP contribution is 2.15. The van der Waals surface area contributed by atoms with E-state index >= 15 is 0 Å². The van der Waals surface area contributed by atoms with Crippen molar-refractivity contribution in [3.8, 4) is 0 Å². The van der Waals surface area contributed by atoms with E-state index in [1.165, 1.54) is 43.6 Å². The Morgan fingerprint density at radius 3 is 2.57 bits per heavy atom. The summed E-state index contributed by atoms with van der Waals surface area (Å²) in [6.07, 6.45) is 3.26. The van der Waals surface area contributed by atoms with Gasteiger partial charge in [0.15, 0.2) is 5.96 Å². The molecule has 1 aliphatic rings. The predicted octanol–water partition coefficient (Wildman–Crippen LogP) is 2.86. The van der Waals surface area contributed by atoms with Crippen LogP contribution in [0, 0.1) is 5.92 Å². The van der Waals surface area contributed by atoms with E-state index in [-0.39, 0.29) is 0 Å². The molecule has 1 aliphatic heterocycles. The Kier molecular flexibility index (Phi) is 9.02. The fourth-order valence-electron chi connectivity index (χ4n) is 4.17. The molecule has 0 saturated carbocycles. The molecule has 30 heavy (non-hydrogen) atoms. The Hall–Kier alpha value is -2.05. The fraction of sp³-hybridized carbons (Fsp3) is 0.625. The summed E-state index contributed by atoms with van der Waals surface area (Å²) in [7, 11) is 0. The van der Waals surface area contributed by atoms with Crippen LogP contribution in [0.4, 0.5) is 0 Å².